The topological polar surface area (TPSA) is 67.9 Å². The number of nitrogens with one attached hydrogen (secondary N) is 1. The van der Waals surface area contributed by atoms with E-state index in [1.54, 1.807) is 17.0 Å². The van der Waals surface area contributed by atoms with Crippen LogP contribution in [-0.4, -0.2) is 29.7 Å². The fourth-order valence-electron chi connectivity index (χ4n) is 4.14. The standard InChI is InChI=1S/C27H27FN2O4/c28-23-15-13-22(14-16-23)25-24(29-26(31)33-18-20-8-3-1-4-9-20)12-7-17-30(25)27(32)34-19-21-10-5-2-6-11-21/h1-6,8-11,13-16,24-25H,7,12,17-19H2,(H,29,31)/t24-,25-/m0/s1. The molecular weight excluding hydrogens is 435 g/mol. The summed E-state index contributed by atoms with van der Waals surface area (Å²) in [7, 11) is 0. The first-order valence-corrected chi connectivity index (χ1v) is 11.3. The molecule has 0 radical (unpaired) electrons. The highest BCUT2D eigenvalue weighted by Gasteiger charge is 2.37. The Balaban J connectivity index is 1.47. The molecule has 0 unspecified atom stereocenters. The second-order valence-electron chi connectivity index (χ2n) is 8.18. The van der Waals surface area contributed by atoms with Crippen LogP contribution in [0, 0.1) is 5.82 Å². The van der Waals surface area contributed by atoms with Crippen molar-refractivity contribution < 1.29 is 23.5 Å². The second kappa shape index (κ2) is 11.3. The third kappa shape index (κ3) is 6.13. The lowest BCUT2D eigenvalue weighted by Gasteiger charge is -2.41. The Morgan fingerprint density at radius 1 is 0.853 bits per heavy atom. The Kier molecular flexibility index (Phi) is 7.75. The highest BCUT2D eigenvalue weighted by atomic mass is 19.1. The summed E-state index contributed by atoms with van der Waals surface area (Å²) in [5.41, 5.74) is 2.47. The summed E-state index contributed by atoms with van der Waals surface area (Å²) in [5, 5.41) is 2.91. The average molecular weight is 463 g/mol. The van der Waals surface area contributed by atoms with Crippen LogP contribution in [-0.2, 0) is 22.7 Å². The summed E-state index contributed by atoms with van der Waals surface area (Å²) in [5.74, 6) is -0.371. The van der Waals surface area contributed by atoms with Crippen molar-refractivity contribution in [2.24, 2.45) is 0 Å². The van der Waals surface area contributed by atoms with Crippen LogP contribution in [0.5, 0.6) is 0 Å². The first-order chi connectivity index (χ1) is 16.6. The molecule has 1 heterocycles. The zero-order chi connectivity index (χ0) is 23.8. The maximum absolute atomic E-state index is 13.6. The summed E-state index contributed by atoms with van der Waals surface area (Å²) >= 11 is 0. The molecular formula is C27H27FN2O4. The lowest BCUT2D eigenvalue weighted by molar-refractivity contribution is 0.0536. The van der Waals surface area contributed by atoms with Crippen molar-refractivity contribution in [1.29, 1.82) is 0 Å². The van der Waals surface area contributed by atoms with Crippen LogP contribution < -0.4 is 5.32 Å². The van der Waals surface area contributed by atoms with Crippen molar-refractivity contribution in [3.8, 4) is 0 Å². The summed E-state index contributed by atoms with van der Waals surface area (Å²) in [6, 6.07) is 23.9. The number of alkyl carbamates (subject to hydrolysis) is 1. The molecule has 7 heteroatoms. The van der Waals surface area contributed by atoms with Gasteiger partial charge in [0.25, 0.3) is 0 Å². The van der Waals surface area contributed by atoms with E-state index in [0.717, 1.165) is 11.1 Å². The van der Waals surface area contributed by atoms with E-state index in [9.17, 15) is 14.0 Å². The Labute approximate surface area is 198 Å². The number of likely N-dealkylation sites (tertiary alicyclic amines) is 1. The third-order valence-corrected chi connectivity index (χ3v) is 5.80. The van der Waals surface area contributed by atoms with Crippen molar-refractivity contribution in [2.75, 3.05) is 6.54 Å². The molecule has 0 aliphatic carbocycles. The van der Waals surface area contributed by atoms with Gasteiger partial charge in [0, 0.05) is 6.54 Å². The van der Waals surface area contributed by atoms with Crippen molar-refractivity contribution in [1.82, 2.24) is 10.2 Å². The van der Waals surface area contributed by atoms with Crippen molar-refractivity contribution in [2.45, 2.75) is 38.1 Å². The Morgan fingerprint density at radius 3 is 2.06 bits per heavy atom. The molecule has 1 aliphatic rings. The molecule has 1 fully saturated rings. The molecule has 1 aliphatic heterocycles. The van der Waals surface area contributed by atoms with E-state index in [-0.39, 0.29) is 19.0 Å². The van der Waals surface area contributed by atoms with Gasteiger partial charge in [-0.05, 0) is 41.7 Å². The molecule has 3 aromatic carbocycles. The number of carbonyl (C=O) groups is 2. The van der Waals surface area contributed by atoms with Crippen LogP contribution in [0.4, 0.5) is 14.0 Å². The normalized spacial score (nSPS) is 17.6. The van der Waals surface area contributed by atoms with Crippen molar-refractivity contribution in [3.05, 3.63) is 107 Å². The summed E-state index contributed by atoms with van der Waals surface area (Å²) in [4.78, 5) is 27.2. The lowest BCUT2D eigenvalue weighted by Crippen LogP contribution is -2.52. The average Bonchev–Trinajstić information content (AvgIpc) is 2.88. The zero-order valence-electron chi connectivity index (χ0n) is 18.7. The Bertz CT molecular complexity index is 1080. The molecule has 4 rings (SSSR count). The number of carbonyl (C=O) groups excluding carboxylic acids is 2. The van der Waals surface area contributed by atoms with Gasteiger partial charge in [0.15, 0.2) is 0 Å². The summed E-state index contributed by atoms with van der Waals surface area (Å²) in [6.07, 6.45) is 0.273. The van der Waals surface area contributed by atoms with E-state index in [1.165, 1.54) is 12.1 Å². The predicted octanol–water partition coefficient (Wildman–Crippen LogP) is 5.59. The Hall–Kier alpha value is -3.87. The van der Waals surface area contributed by atoms with Crippen molar-refractivity contribution >= 4 is 12.2 Å². The number of ether oxygens (including phenoxy) is 2. The smallest absolute Gasteiger partial charge is 0.410 e. The molecule has 176 valence electrons. The number of hydrogen-bond acceptors (Lipinski definition) is 4. The third-order valence-electron chi connectivity index (χ3n) is 5.80. The van der Waals surface area contributed by atoms with E-state index >= 15 is 0 Å². The van der Waals surface area contributed by atoms with Crippen molar-refractivity contribution in [3.63, 3.8) is 0 Å². The summed E-state index contributed by atoms with van der Waals surface area (Å²) in [6.45, 7) is 0.750. The molecule has 0 saturated carbocycles. The highest BCUT2D eigenvalue weighted by molar-refractivity contribution is 5.70. The zero-order valence-corrected chi connectivity index (χ0v) is 18.7. The van der Waals surface area contributed by atoms with Crippen LogP contribution in [0.25, 0.3) is 0 Å². The van der Waals surface area contributed by atoms with Crippen LogP contribution >= 0.6 is 0 Å². The lowest BCUT2D eigenvalue weighted by atomic mass is 9.90. The van der Waals surface area contributed by atoms with Gasteiger partial charge in [-0.2, -0.15) is 0 Å². The minimum Gasteiger partial charge on any atom is -0.445 e. The molecule has 3 aromatic rings. The maximum atomic E-state index is 13.6. The Morgan fingerprint density at radius 2 is 1.44 bits per heavy atom. The van der Waals surface area contributed by atoms with Crippen LogP contribution in [0.1, 0.15) is 35.6 Å². The first-order valence-electron chi connectivity index (χ1n) is 11.3. The van der Waals surface area contributed by atoms with E-state index in [0.29, 0.717) is 24.9 Å². The van der Waals surface area contributed by atoms with Gasteiger partial charge in [-0.25, -0.2) is 14.0 Å². The molecule has 0 bridgehead atoms. The molecule has 6 nitrogen and oxygen atoms in total. The number of rotatable bonds is 6. The van der Waals surface area contributed by atoms with Gasteiger partial charge in [-0.15, -0.1) is 0 Å². The van der Waals surface area contributed by atoms with Gasteiger partial charge >= 0.3 is 12.2 Å². The fourth-order valence-corrected chi connectivity index (χ4v) is 4.14. The molecule has 34 heavy (non-hydrogen) atoms. The van der Waals surface area contributed by atoms with Gasteiger partial charge in [0.1, 0.15) is 19.0 Å². The van der Waals surface area contributed by atoms with Gasteiger partial charge in [-0.3, -0.25) is 4.90 Å². The number of hydrogen-bond donors (Lipinski definition) is 1. The number of amides is 2. The van der Waals surface area contributed by atoms with Gasteiger partial charge in [0.05, 0.1) is 12.1 Å². The van der Waals surface area contributed by atoms with Crippen LogP contribution in [0.2, 0.25) is 0 Å². The van der Waals surface area contributed by atoms with Gasteiger partial charge in [0.2, 0.25) is 0 Å². The van der Waals surface area contributed by atoms with Gasteiger partial charge < -0.3 is 14.8 Å². The molecule has 2 atom stereocenters. The SMILES string of the molecule is O=C(N[C@H]1CCCN(C(=O)OCc2ccccc2)[C@H]1c1ccc(F)cc1)OCc1ccccc1. The molecule has 0 aromatic heterocycles. The quantitative estimate of drug-likeness (QED) is 0.518. The van der Waals surface area contributed by atoms with E-state index in [4.69, 9.17) is 9.47 Å². The van der Waals surface area contributed by atoms with Crippen LogP contribution in [0.15, 0.2) is 84.9 Å². The van der Waals surface area contributed by atoms with Gasteiger partial charge in [-0.1, -0.05) is 72.8 Å². The van der Waals surface area contributed by atoms with E-state index in [1.807, 2.05) is 60.7 Å². The number of benzene rings is 3. The number of piperidine rings is 1. The molecule has 0 spiro atoms. The number of nitrogens with zero attached hydrogens (tertiary/aromatic N) is 1. The molecule has 2 amide bonds. The van der Waals surface area contributed by atoms with E-state index in [2.05, 4.69) is 5.32 Å². The minimum absolute atomic E-state index is 0.142. The number of halogens is 1. The van der Waals surface area contributed by atoms with Crippen LogP contribution in [0.3, 0.4) is 0 Å². The maximum Gasteiger partial charge on any atom is 0.410 e. The predicted molar refractivity (Wildman–Crippen MR) is 125 cm³/mol. The second-order valence-corrected chi connectivity index (χ2v) is 8.18. The highest BCUT2D eigenvalue weighted by Crippen LogP contribution is 2.32. The monoisotopic (exact) mass is 462 g/mol. The fraction of sp³-hybridized carbons (Fsp3) is 0.259. The van der Waals surface area contributed by atoms with E-state index < -0.39 is 24.3 Å². The molecule has 1 saturated heterocycles. The summed E-state index contributed by atoms with van der Waals surface area (Å²) < 4.78 is 24.6. The minimum atomic E-state index is -0.569. The first kappa shape index (κ1) is 23.3. The molecule has 1 N–H and O–H groups in total. The largest absolute Gasteiger partial charge is 0.445 e.